The summed E-state index contributed by atoms with van der Waals surface area (Å²) in [6.45, 7) is 12.8. The van der Waals surface area contributed by atoms with Crippen molar-refractivity contribution in [3.63, 3.8) is 0 Å². The number of ketones is 6. The van der Waals surface area contributed by atoms with Crippen molar-refractivity contribution in [1.82, 2.24) is 10.6 Å². The second kappa shape index (κ2) is 35.8. The van der Waals surface area contributed by atoms with Gasteiger partial charge < -0.3 is 26.0 Å². The van der Waals surface area contributed by atoms with Gasteiger partial charge in [-0.1, -0.05) is 121 Å². The molecule has 0 heterocycles. The first-order chi connectivity index (χ1) is 27.0. The molecule has 13 heteroatoms. The summed E-state index contributed by atoms with van der Waals surface area (Å²) in [4.78, 5) is 68.3. The largest absolute Gasteiger partial charge is 1.00 e. The normalized spacial score (nSPS) is 9.72. The minimum absolute atomic E-state index is 0. The second-order valence-corrected chi connectivity index (χ2v) is 12.6. The van der Waals surface area contributed by atoms with Gasteiger partial charge >= 0.3 is 58.2 Å². The summed E-state index contributed by atoms with van der Waals surface area (Å²) in [5, 5.41) is 30.9. The molecule has 0 saturated carbocycles. The fourth-order valence-corrected chi connectivity index (χ4v) is 4.46. The van der Waals surface area contributed by atoms with Gasteiger partial charge in [-0.15, -0.1) is 5.75 Å². The summed E-state index contributed by atoms with van der Waals surface area (Å²) in [7, 11) is 2.00. The van der Waals surface area contributed by atoms with Crippen molar-refractivity contribution in [3.8, 4) is 5.75 Å². The number of rotatable bonds is 14. The van der Waals surface area contributed by atoms with Gasteiger partial charge in [-0.25, -0.2) is 0 Å². The first-order valence-corrected chi connectivity index (χ1v) is 17.9. The zero-order valence-electron chi connectivity index (χ0n) is 35.7. The topological polar surface area (TPSA) is 190 Å². The minimum Gasteiger partial charge on any atom is -0.872 e. The van der Waals surface area contributed by atoms with E-state index in [1.807, 2.05) is 95.3 Å². The predicted molar refractivity (Wildman–Crippen MR) is 229 cm³/mol. The molecule has 0 saturated heterocycles. The molecule has 0 aliphatic carbocycles. The van der Waals surface area contributed by atoms with Gasteiger partial charge in [-0.05, 0) is 48.5 Å². The molecule has 11 nitrogen and oxygen atoms in total. The van der Waals surface area contributed by atoms with Crippen LogP contribution >= 0.6 is 0 Å². The maximum Gasteiger partial charge on any atom is 1.00 e. The first kappa shape index (κ1) is 62.7. The maximum absolute atomic E-state index is 12.2. The van der Waals surface area contributed by atoms with Crippen molar-refractivity contribution in [1.29, 1.82) is 0 Å². The summed E-state index contributed by atoms with van der Waals surface area (Å²) >= 11 is 0. The SMILES string of the molecule is C.C/C(=C\C(=O)c1ccc(C)cc1)NCN/C(C)=C/C(=O)c1ccc(C)cc1.CC(=O)CC(=O)c1ccc(C)cc1.CC(=O)CC(=O)c1ccc([O-])cc1.CO.CO.[Rb+].[V]. The van der Waals surface area contributed by atoms with Gasteiger partial charge in [-0.2, -0.15) is 0 Å². The van der Waals surface area contributed by atoms with E-state index < -0.39 is 0 Å². The summed E-state index contributed by atoms with van der Waals surface area (Å²) in [5.74, 6) is -0.829. The molecule has 0 atom stereocenters. The Morgan fingerprint density at radius 2 is 0.750 bits per heavy atom. The van der Waals surface area contributed by atoms with Gasteiger partial charge in [0.1, 0.15) is 11.6 Å². The molecular formula is C47H59N2O9RbV. The number of aryl methyl sites for hydroxylation is 3. The molecule has 317 valence electrons. The smallest absolute Gasteiger partial charge is 0.872 e. The fourth-order valence-electron chi connectivity index (χ4n) is 4.46. The van der Waals surface area contributed by atoms with Crippen LogP contribution in [0.4, 0.5) is 0 Å². The Bertz CT molecular complexity index is 1820. The zero-order chi connectivity index (χ0) is 43.5. The Labute approximate surface area is 416 Å². The number of benzene rings is 4. The van der Waals surface area contributed by atoms with E-state index in [0.717, 1.165) is 42.3 Å². The monoisotopic (exact) mass is 931 g/mol. The fraction of sp³-hybridized carbons (Fsp3) is 0.277. The Kier molecular flexibility index (Phi) is 37.4. The molecule has 60 heavy (non-hydrogen) atoms. The third-order valence-electron chi connectivity index (χ3n) is 7.47. The summed E-state index contributed by atoms with van der Waals surface area (Å²) in [5.41, 5.74) is 7.21. The molecule has 4 aromatic carbocycles. The van der Waals surface area contributed by atoms with E-state index in [1.165, 1.54) is 38.1 Å². The van der Waals surface area contributed by atoms with Gasteiger partial charge in [0.05, 0.1) is 19.5 Å². The van der Waals surface area contributed by atoms with Gasteiger partial charge in [-0.3, -0.25) is 28.8 Å². The van der Waals surface area contributed by atoms with E-state index in [0.29, 0.717) is 28.9 Å². The molecule has 0 amide bonds. The Balaban J connectivity index is -0.000000402. The Hall–Kier alpha value is -3.91. The molecule has 4 N–H and O–H groups in total. The third-order valence-corrected chi connectivity index (χ3v) is 7.47. The van der Waals surface area contributed by atoms with Crippen LogP contribution in [0, 0.1) is 20.8 Å². The molecule has 0 bridgehead atoms. The van der Waals surface area contributed by atoms with E-state index in [4.69, 9.17) is 10.2 Å². The average molecular weight is 932 g/mol. The van der Waals surface area contributed by atoms with E-state index in [9.17, 15) is 33.9 Å². The van der Waals surface area contributed by atoms with Crippen molar-refractivity contribution in [2.45, 2.75) is 68.7 Å². The van der Waals surface area contributed by atoms with Crippen molar-refractivity contribution in [3.05, 3.63) is 160 Å². The van der Waals surface area contributed by atoms with Crippen LogP contribution in [0.15, 0.2) is 121 Å². The van der Waals surface area contributed by atoms with Crippen LogP contribution in [0.2, 0.25) is 0 Å². The first-order valence-electron chi connectivity index (χ1n) is 17.9. The maximum atomic E-state index is 12.2. The van der Waals surface area contributed by atoms with Crippen molar-refractivity contribution < 1.29 is 121 Å². The van der Waals surface area contributed by atoms with Crippen molar-refractivity contribution in [2.75, 3.05) is 20.9 Å². The molecule has 1 radical (unpaired) electrons. The van der Waals surface area contributed by atoms with Gasteiger partial charge in [0.25, 0.3) is 0 Å². The molecule has 4 rings (SSSR count). The van der Waals surface area contributed by atoms with Crippen molar-refractivity contribution >= 4 is 34.7 Å². The summed E-state index contributed by atoms with van der Waals surface area (Å²) < 4.78 is 0. The molecule has 0 aliphatic rings. The average Bonchev–Trinajstić information content (AvgIpc) is 3.17. The Morgan fingerprint density at radius 3 is 1.02 bits per heavy atom. The van der Waals surface area contributed by atoms with Crippen LogP contribution in [-0.2, 0) is 28.1 Å². The molecule has 0 aromatic heterocycles. The number of carbonyl (C=O) groups is 6. The van der Waals surface area contributed by atoms with E-state index in [-0.39, 0.29) is 137 Å². The van der Waals surface area contributed by atoms with Gasteiger partial charge in [0, 0.05) is 78.6 Å². The number of hydrogen-bond acceptors (Lipinski definition) is 11. The molecule has 0 fully saturated rings. The summed E-state index contributed by atoms with van der Waals surface area (Å²) in [6.07, 6.45) is 3.05. The minimum atomic E-state index is -0.243. The molecule has 0 unspecified atom stereocenters. The van der Waals surface area contributed by atoms with Gasteiger partial charge in [0.2, 0.25) is 0 Å². The van der Waals surface area contributed by atoms with E-state index in [2.05, 4.69) is 10.6 Å². The number of Topliss-reactive ketones (excluding diaryl/α,β-unsaturated/α-hetero) is 4. The number of allylic oxidation sites excluding steroid dienone is 4. The van der Waals surface area contributed by atoms with Crippen LogP contribution in [0.5, 0.6) is 5.75 Å². The number of carbonyl (C=O) groups excluding carboxylic acids is 6. The van der Waals surface area contributed by atoms with Crippen LogP contribution in [0.1, 0.15) is 106 Å². The van der Waals surface area contributed by atoms with Crippen LogP contribution < -0.4 is 73.9 Å². The Morgan fingerprint density at radius 1 is 0.500 bits per heavy atom. The molecule has 0 spiro atoms. The summed E-state index contributed by atoms with van der Waals surface area (Å²) in [6, 6.07) is 27.7. The van der Waals surface area contributed by atoms with Crippen LogP contribution in [-0.4, -0.2) is 65.8 Å². The second-order valence-electron chi connectivity index (χ2n) is 12.6. The number of aliphatic hydroxyl groups is 2. The predicted octanol–water partition coefficient (Wildman–Crippen LogP) is 4.25. The van der Waals surface area contributed by atoms with Crippen LogP contribution in [0.3, 0.4) is 0 Å². The molecular weight excluding hydrogens is 873 g/mol. The molecule has 4 aromatic rings. The molecule has 0 aliphatic heterocycles. The standard InChI is InChI=1S/C23H26N2O2.C11H12O2.C10H10O3.2CH4O.CH4.Rb.V/c1-16-5-9-20(10-6-16)22(26)13-18(3)24-15-25-19(4)14-23(27)21-11-7-17(2)8-12-21;1-8-3-5-10(6-4-8)11(13)7-9(2)12;1-7(11)6-10(13)8-2-4-9(12)5-3-8;2*1-2;;;/h5-14,24-25H,15H2,1-4H3;3-6H,7H2,1-2H3;2-5,12H,6H2,1H3;2*2H,1H3;1H4;;/q;;;;;;+1;/p-1/b18-13+,19-14+;;;;;;;. The van der Waals surface area contributed by atoms with Crippen LogP contribution in [0.25, 0.3) is 0 Å². The number of aliphatic hydroxyl groups excluding tert-OH is 2. The zero-order valence-corrected chi connectivity index (χ0v) is 42.0. The van der Waals surface area contributed by atoms with E-state index >= 15 is 0 Å². The number of hydrogen-bond donors (Lipinski definition) is 4. The van der Waals surface area contributed by atoms with Crippen molar-refractivity contribution in [2.24, 2.45) is 0 Å². The third kappa shape index (κ3) is 27.8. The van der Waals surface area contributed by atoms with Gasteiger partial charge in [0.15, 0.2) is 23.1 Å². The quantitative estimate of drug-likeness (QED) is 0.0613. The number of nitrogens with one attached hydrogen (secondary N) is 2. The van der Waals surface area contributed by atoms with E-state index in [1.54, 1.807) is 24.3 Å².